The number of carbonyl (C=O) groups excluding carboxylic acids is 1. The van der Waals surface area contributed by atoms with Crippen LogP contribution in [0.5, 0.6) is 0 Å². The van der Waals surface area contributed by atoms with Crippen LogP contribution < -0.4 is 5.48 Å². The molecule has 0 radical (unpaired) electrons. The summed E-state index contributed by atoms with van der Waals surface area (Å²) in [5.74, 6) is -0.811. The second-order valence-electron chi connectivity index (χ2n) is 4.15. The molecule has 6 nitrogen and oxygen atoms in total. The molecule has 0 aliphatic heterocycles. The Balaban J connectivity index is 2.16. The molecule has 1 N–H and O–H groups in total. The number of carbonyl (C=O) groups is 1. The van der Waals surface area contributed by atoms with Gasteiger partial charge in [0.15, 0.2) is 12.3 Å². The van der Waals surface area contributed by atoms with Gasteiger partial charge in [0.25, 0.3) is 5.91 Å². The molecule has 0 aliphatic carbocycles. The van der Waals surface area contributed by atoms with Crippen molar-refractivity contribution in [3.05, 3.63) is 29.2 Å². The highest BCUT2D eigenvalue weighted by molar-refractivity contribution is 5.94. The molecule has 2 aromatic heterocycles. The van der Waals surface area contributed by atoms with E-state index in [1.165, 1.54) is 10.7 Å². The van der Waals surface area contributed by atoms with Crippen LogP contribution in [0.25, 0.3) is 5.65 Å². The van der Waals surface area contributed by atoms with E-state index < -0.39 is 18.7 Å². The van der Waals surface area contributed by atoms with E-state index in [0.717, 1.165) is 0 Å². The van der Waals surface area contributed by atoms with Crippen molar-refractivity contribution < 1.29 is 22.8 Å². The number of alkyl halides is 3. The van der Waals surface area contributed by atoms with Crippen LogP contribution >= 0.6 is 0 Å². The van der Waals surface area contributed by atoms with Gasteiger partial charge < -0.3 is 0 Å². The number of halogens is 3. The summed E-state index contributed by atoms with van der Waals surface area (Å²) in [4.78, 5) is 19.8. The summed E-state index contributed by atoms with van der Waals surface area (Å²) in [6.07, 6.45) is -3.25. The van der Waals surface area contributed by atoms with Crippen LogP contribution in [0.3, 0.4) is 0 Å². The van der Waals surface area contributed by atoms with E-state index in [4.69, 9.17) is 0 Å². The molecule has 0 saturated carbocycles. The summed E-state index contributed by atoms with van der Waals surface area (Å²) in [5, 5.41) is 4.13. The third-order valence-corrected chi connectivity index (χ3v) is 2.49. The maximum atomic E-state index is 11.9. The molecule has 0 fully saturated rings. The SMILES string of the molecule is Cc1cc2ncc(C(=O)NOCC(F)(F)F)c(C)n2n1. The molecule has 0 saturated heterocycles. The number of hydrogen-bond donors (Lipinski definition) is 1. The number of amides is 1. The van der Waals surface area contributed by atoms with E-state index in [0.29, 0.717) is 17.0 Å². The predicted octanol–water partition coefficient (Wildman–Crippen LogP) is 1.57. The first-order chi connectivity index (χ1) is 9.28. The van der Waals surface area contributed by atoms with Crippen LogP contribution in [0, 0.1) is 13.8 Å². The maximum Gasteiger partial charge on any atom is 0.414 e. The minimum Gasteiger partial charge on any atom is -0.267 e. The van der Waals surface area contributed by atoms with Gasteiger partial charge in [0.1, 0.15) is 0 Å². The summed E-state index contributed by atoms with van der Waals surface area (Å²) < 4.78 is 37.1. The van der Waals surface area contributed by atoms with Gasteiger partial charge in [-0.2, -0.15) is 18.3 Å². The number of nitrogens with one attached hydrogen (secondary N) is 1. The van der Waals surface area contributed by atoms with Crippen molar-refractivity contribution in [3.8, 4) is 0 Å². The fourth-order valence-corrected chi connectivity index (χ4v) is 1.62. The zero-order valence-corrected chi connectivity index (χ0v) is 10.7. The Morgan fingerprint density at radius 2 is 2.15 bits per heavy atom. The molecule has 0 unspecified atom stereocenters. The number of aryl methyl sites for hydroxylation is 2. The van der Waals surface area contributed by atoms with Gasteiger partial charge in [-0.1, -0.05) is 0 Å². The molecule has 2 heterocycles. The quantitative estimate of drug-likeness (QED) is 0.870. The molecule has 0 atom stereocenters. The molecule has 0 aliphatic rings. The number of hydrogen-bond acceptors (Lipinski definition) is 4. The summed E-state index contributed by atoms with van der Waals surface area (Å²) in [6.45, 7) is 1.81. The molecular formula is C11H11F3N4O2. The molecule has 2 aromatic rings. The van der Waals surface area contributed by atoms with Gasteiger partial charge in [-0.3, -0.25) is 9.63 Å². The highest BCUT2D eigenvalue weighted by atomic mass is 19.4. The number of aromatic nitrogens is 3. The molecule has 9 heteroatoms. The topological polar surface area (TPSA) is 68.5 Å². The molecule has 0 aromatic carbocycles. The largest absolute Gasteiger partial charge is 0.414 e. The molecule has 2 rings (SSSR count). The zero-order chi connectivity index (χ0) is 14.9. The highest BCUT2D eigenvalue weighted by Gasteiger charge is 2.28. The molecule has 108 valence electrons. The van der Waals surface area contributed by atoms with Gasteiger partial charge in [-0.15, -0.1) is 0 Å². The first-order valence-corrected chi connectivity index (χ1v) is 5.59. The van der Waals surface area contributed by atoms with Crippen molar-refractivity contribution in [1.29, 1.82) is 0 Å². The van der Waals surface area contributed by atoms with Crippen LogP contribution in [0.15, 0.2) is 12.3 Å². The average molecular weight is 288 g/mol. The van der Waals surface area contributed by atoms with Crippen LogP contribution in [0.2, 0.25) is 0 Å². The third kappa shape index (κ3) is 3.05. The van der Waals surface area contributed by atoms with E-state index in [-0.39, 0.29) is 5.56 Å². The number of nitrogens with zero attached hydrogens (tertiary/aromatic N) is 3. The van der Waals surface area contributed by atoms with Gasteiger partial charge in [-0.25, -0.2) is 15.0 Å². The third-order valence-electron chi connectivity index (χ3n) is 2.49. The Bertz CT molecular complexity index is 651. The standard InChI is InChI=1S/C11H11F3N4O2/c1-6-3-9-15-4-8(7(2)18(9)16-6)10(19)17-20-5-11(12,13)14/h3-4H,5H2,1-2H3,(H,17,19). The predicted molar refractivity (Wildman–Crippen MR) is 61.9 cm³/mol. The molecule has 0 bridgehead atoms. The molecule has 20 heavy (non-hydrogen) atoms. The molecule has 1 amide bonds. The Hall–Kier alpha value is -2.16. The summed E-state index contributed by atoms with van der Waals surface area (Å²) in [5.41, 5.74) is 3.53. The molecule has 0 spiro atoms. The van der Waals surface area contributed by atoms with Crippen molar-refractivity contribution in [2.75, 3.05) is 6.61 Å². The Kier molecular flexibility index (Phi) is 3.62. The maximum absolute atomic E-state index is 11.9. The van der Waals surface area contributed by atoms with Gasteiger partial charge in [0.05, 0.1) is 17.0 Å². The lowest BCUT2D eigenvalue weighted by Gasteiger charge is -2.10. The Morgan fingerprint density at radius 3 is 2.80 bits per heavy atom. The van der Waals surface area contributed by atoms with Crippen LogP contribution in [-0.4, -0.2) is 33.3 Å². The fourth-order valence-electron chi connectivity index (χ4n) is 1.62. The van der Waals surface area contributed by atoms with Crippen molar-refractivity contribution in [2.45, 2.75) is 20.0 Å². The second-order valence-corrected chi connectivity index (χ2v) is 4.15. The first kappa shape index (κ1) is 14.3. The fraction of sp³-hybridized carbons (Fsp3) is 0.364. The Labute approximate surface area is 111 Å². The van der Waals surface area contributed by atoms with E-state index in [1.807, 2.05) is 0 Å². The van der Waals surface area contributed by atoms with Crippen LogP contribution in [0.1, 0.15) is 21.7 Å². The smallest absolute Gasteiger partial charge is 0.267 e. The van der Waals surface area contributed by atoms with Gasteiger partial charge in [0.2, 0.25) is 0 Å². The number of fused-ring (bicyclic) bond motifs is 1. The van der Waals surface area contributed by atoms with E-state index in [9.17, 15) is 18.0 Å². The lowest BCUT2D eigenvalue weighted by molar-refractivity contribution is -0.184. The summed E-state index contributed by atoms with van der Waals surface area (Å²) in [6, 6.07) is 1.72. The number of rotatable bonds is 3. The van der Waals surface area contributed by atoms with Crippen molar-refractivity contribution in [3.63, 3.8) is 0 Å². The van der Waals surface area contributed by atoms with E-state index in [2.05, 4.69) is 14.9 Å². The van der Waals surface area contributed by atoms with Crippen LogP contribution in [0.4, 0.5) is 13.2 Å². The highest BCUT2D eigenvalue weighted by Crippen LogP contribution is 2.14. The normalized spacial score (nSPS) is 11.8. The van der Waals surface area contributed by atoms with E-state index in [1.54, 1.807) is 25.4 Å². The van der Waals surface area contributed by atoms with Gasteiger partial charge in [-0.05, 0) is 13.8 Å². The Morgan fingerprint density at radius 1 is 1.45 bits per heavy atom. The number of hydroxylamine groups is 1. The summed E-state index contributed by atoms with van der Waals surface area (Å²) in [7, 11) is 0. The first-order valence-electron chi connectivity index (χ1n) is 5.59. The van der Waals surface area contributed by atoms with E-state index >= 15 is 0 Å². The zero-order valence-electron chi connectivity index (χ0n) is 10.7. The minimum atomic E-state index is -4.51. The minimum absolute atomic E-state index is 0.0859. The lowest BCUT2D eigenvalue weighted by atomic mass is 10.2. The average Bonchev–Trinajstić information content (AvgIpc) is 2.69. The van der Waals surface area contributed by atoms with Crippen LogP contribution in [-0.2, 0) is 4.84 Å². The van der Waals surface area contributed by atoms with Crippen molar-refractivity contribution >= 4 is 11.6 Å². The molecular weight excluding hydrogens is 277 g/mol. The lowest BCUT2D eigenvalue weighted by Crippen LogP contribution is -2.30. The van der Waals surface area contributed by atoms with Gasteiger partial charge in [0, 0.05) is 12.3 Å². The van der Waals surface area contributed by atoms with Crippen molar-refractivity contribution in [1.82, 2.24) is 20.1 Å². The second kappa shape index (κ2) is 5.08. The monoisotopic (exact) mass is 288 g/mol. The van der Waals surface area contributed by atoms with Crippen molar-refractivity contribution in [2.24, 2.45) is 0 Å². The van der Waals surface area contributed by atoms with Gasteiger partial charge >= 0.3 is 6.18 Å². The summed E-state index contributed by atoms with van der Waals surface area (Å²) >= 11 is 0.